The minimum Gasteiger partial charge on any atom is -0.487 e. The van der Waals surface area contributed by atoms with Gasteiger partial charge in [-0.15, -0.1) is 0 Å². The molecule has 272 valence electrons. The second kappa shape index (κ2) is 13.1. The van der Waals surface area contributed by atoms with Crippen LogP contribution in [0.5, 0.6) is 5.75 Å². The van der Waals surface area contributed by atoms with E-state index in [1.165, 1.54) is 0 Å². The molecule has 2 saturated heterocycles. The third-order valence-electron chi connectivity index (χ3n) is 11.3. The number of aliphatic hydroxyl groups is 1. The van der Waals surface area contributed by atoms with Gasteiger partial charge in [-0.1, -0.05) is 50.2 Å². The zero-order valence-corrected chi connectivity index (χ0v) is 30.0. The minimum atomic E-state index is -0.999. The minimum absolute atomic E-state index is 0.0757. The number of carbonyl (C=O) groups is 4. The van der Waals surface area contributed by atoms with Crippen molar-refractivity contribution in [3.05, 3.63) is 113 Å². The van der Waals surface area contributed by atoms with Gasteiger partial charge in [0.25, 0.3) is 11.8 Å². The highest BCUT2D eigenvalue weighted by Gasteiger charge is 2.52. The van der Waals surface area contributed by atoms with Crippen LogP contribution >= 0.6 is 0 Å². The first-order valence-corrected chi connectivity index (χ1v) is 18.1. The fourth-order valence-corrected chi connectivity index (χ4v) is 8.09. The van der Waals surface area contributed by atoms with Gasteiger partial charge < -0.3 is 20.1 Å². The molecule has 1 saturated carbocycles. The first-order chi connectivity index (χ1) is 25.4. The SMILES string of the molecule is CC(Nc1ccc2c(c1)C(=O)N(C1CCC(=O)NC1=O)C2=O)c1ccc(C(C)(C)c2ccc(OCc3ccnc(N4CC5(CC(O)C5)C4)n3)cc2)cc1. The highest BCUT2D eigenvalue weighted by Crippen LogP contribution is 2.49. The molecule has 8 rings (SSSR count). The first-order valence-electron chi connectivity index (χ1n) is 18.1. The Labute approximate surface area is 307 Å². The van der Waals surface area contributed by atoms with Gasteiger partial charge in [0, 0.05) is 48.3 Å². The lowest BCUT2D eigenvalue weighted by Crippen LogP contribution is -2.64. The van der Waals surface area contributed by atoms with E-state index >= 15 is 0 Å². The predicted octanol–water partition coefficient (Wildman–Crippen LogP) is 4.92. The number of hydrogen-bond acceptors (Lipinski definition) is 10. The van der Waals surface area contributed by atoms with Crippen LogP contribution in [0.3, 0.4) is 0 Å². The van der Waals surface area contributed by atoms with Gasteiger partial charge in [0.05, 0.1) is 22.9 Å². The van der Waals surface area contributed by atoms with Crippen LogP contribution in [0, 0.1) is 5.41 Å². The average molecular weight is 715 g/mol. The molecule has 4 heterocycles. The van der Waals surface area contributed by atoms with Crippen LogP contribution in [-0.2, 0) is 21.6 Å². The predicted molar refractivity (Wildman–Crippen MR) is 196 cm³/mol. The third kappa shape index (κ3) is 6.41. The number of nitrogens with one attached hydrogen (secondary N) is 2. The molecule has 4 aromatic rings. The number of fused-ring (bicyclic) bond motifs is 1. The van der Waals surface area contributed by atoms with Crippen LogP contribution in [0.2, 0.25) is 0 Å². The summed E-state index contributed by atoms with van der Waals surface area (Å²) in [5, 5.41) is 15.4. The normalized spacial score (nSPS) is 20.1. The van der Waals surface area contributed by atoms with Gasteiger partial charge in [0.2, 0.25) is 17.8 Å². The summed E-state index contributed by atoms with van der Waals surface area (Å²) >= 11 is 0. The van der Waals surface area contributed by atoms with Crippen molar-refractivity contribution in [2.75, 3.05) is 23.3 Å². The van der Waals surface area contributed by atoms with Crippen LogP contribution in [0.1, 0.15) is 95.6 Å². The Balaban J connectivity index is 0.870. The molecule has 4 aliphatic rings. The van der Waals surface area contributed by atoms with Gasteiger partial charge >= 0.3 is 0 Å². The third-order valence-corrected chi connectivity index (χ3v) is 11.3. The largest absolute Gasteiger partial charge is 0.487 e. The summed E-state index contributed by atoms with van der Waals surface area (Å²) in [4.78, 5) is 62.6. The number of carbonyl (C=O) groups excluding carboxylic acids is 4. The molecular weight excluding hydrogens is 672 g/mol. The Morgan fingerprint density at radius 3 is 2.30 bits per heavy atom. The number of rotatable bonds is 10. The lowest BCUT2D eigenvalue weighted by atomic mass is 9.62. The zero-order chi connectivity index (χ0) is 37.1. The summed E-state index contributed by atoms with van der Waals surface area (Å²) in [5.74, 6) is -0.623. The maximum atomic E-state index is 13.3. The molecule has 12 nitrogen and oxygen atoms in total. The summed E-state index contributed by atoms with van der Waals surface area (Å²) in [6.45, 7) is 8.52. The molecular formula is C41H42N6O6. The number of benzene rings is 3. The molecule has 3 fully saturated rings. The second-order valence-electron chi connectivity index (χ2n) is 15.4. The number of aromatic nitrogens is 2. The number of imide groups is 2. The first kappa shape index (κ1) is 34.5. The van der Waals surface area contributed by atoms with Crippen molar-refractivity contribution in [1.82, 2.24) is 20.2 Å². The molecule has 2 unspecified atom stereocenters. The van der Waals surface area contributed by atoms with Crippen LogP contribution in [0.25, 0.3) is 0 Å². The van der Waals surface area contributed by atoms with Gasteiger partial charge in [-0.3, -0.25) is 29.4 Å². The highest BCUT2D eigenvalue weighted by molar-refractivity contribution is 6.23. The Hall–Kier alpha value is -5.62. The van der Waals surface area contributed by atoms with Crippen molar-refractivity contribution in [3.8, 4) is 5.75 Å². The van der Waals surface area contributed by atoms with Crippen molar-refractivity contribution in [1.29, 1.82) is 0 Å². The summed E-state index contributed by atoms with van der Waals surface area (Å²) in [7, 11) is 0. The van der Waals surface area contributed by atoms with E-state index in [1.807, 2.05) is 25.1 Å². The lowest BCUT2D eigenvalue weighted by molar-refractivity contribution is -0.136. The number of aliphatic hydroxyl groups excluding tert-OH is 1. The number of piperidine rings is 1. The zero-order valence-electron chi connectivity index (χ0n) is 30.0. The van der Waals surface area contributed by atoms with E-state index < -0.39 is 29.7 Å². The van der Waals surface area contributed by atoms with Gasteiger partial charge in [-0.2, -0.15) is 0 Å². The van der Waals surface area contributed by atoms with E-state index in [2.05, 4.69) is 70.8 Å². The van der Waals surface area contributed by atoms with Crippen molar-refractivity contribution < 1.29 is 29.0 Å². The van der Waals surface area contributed by atoms with E-state index in [-0.39, 0.29) is 46.9 Å². The van der Waals surface area contributed by atoms with Crippen molar-refractivity contribution in [3.63, 3.8) is 0 Å². The number of nitrogens with zero attached hydrogens (tertiary/aromatic N) is 4. The van der Waals surface area contributed by atoms with E-state index in [4.69, 9.17) is 9.72 Å². The van der Waals surface area contributed by atoms with Crippen LogP contribution in [0.4, 0.5) is 11.6 Å². The van der Waals surface area contributed by atoms with Crippen LogP contribution in [-0.4, -0.2) is 68.8 Å². The van der Waals surface area contributed by atoms with Crippen molar-refractivity contribution in [2.45, 2.75) is 76.7 Å². The molecule has 12 heteroatoms. The maximum Gasteiger partial charge on any atom is 0.262 e. The Morgan fingerprint density at radius 2 is 1.62 bits per heavy atom. The molecule has 2 atom stereocenters. The van der Waals surface area contributed by atoms with E-state index in [1.54, 1.807) is 24.4 Å². The molecule has 1 aliphatic carbocycles. The summed E-state index contributed by atoms with van der Waals surface area (Å²) in [5.41, 5.74) is 5.28. The second-order valence-corrected chi connectivity index (χ2v) is 15.4. The fraction of sp³-hybridized carbons (Fsp3) is 0.366. The molecule has 4 amide bonds. The van der Waals surface area contributed by atoms with E-state index in [9.17, 15) is 24.3 Å². The monoisotopic (exact) mass is 714 g/mol. The van der Waals surface area contributed by atoms with Crippen molar-refractivity contribution in [2.24, 2.45) is 5.41 Å². The maximum absolute atomic E-state index is 13.3. The van der Waals surface area contributed by atoms with Gasteiger partial charge in [0.15, 0.2) is 0 Å². The van der Waals surface area contributed by atoms with E-state index in [0.717, 1.165) is 59.0 Å². The molecule has 1 spiro atoms. The Morgan fingerprint density at radius 1 is 0.943 bits per heavy atom. The average Bonchev–Trinajstić information content (AvgIpc) is 3.36. The quantitative estimate of drug-likeness (QED) is 0.193. The molecule has 0 radical (unpaired) electrons. The summed E-state index contributed by atoms with van der Waals surface area (Å²) in [6.07, 6.45) is 3.54. The number of hydrogen-bond donors (Lipinski definition) is 3. The van der Waals surface area contributed by atoms with E-state index in [0.29, 0.717) is 18.2 Å². The fourth-order valence-electron chi connectivity index (χ4n) is 8.09. The lowest BCUT2D eigenvalue weighted by Gasteiger charge is -2.57. The van der Waals surface area contributed by atoms with Gasteiger partial charge in [0.1, 0.15) is 18.4 Å². The summed E-state index contributed by atoms with van der Waals surface area (Å²) < 4.78 is 6.09. The highest BCUT2D eigenvalue weighted by atomic mass is 16.5. The number of anilines is 2. The number of amides is 4. The molecule has 3 aliphatic heterocycles. The Kier molecular flexibility index (Phi) is 8.52. The van der Waals surface area contributed by atoms with Crippen LogP contribution < -0.4 is 20.3 Å². The van der Waals surface area contributed by atoms with Gasteiger partial charge in [-0.05, 0) is 79.3 Å². The molecule has 3 aromatic carbocycles. The summed E-state index contributed by atoms with van der Waals surface area (Å²) in [6, 6.07) is 22.4. The molecule has 53 heavy (non-hydrogen) atoms. The standard InChI is InChI=1S/C41H42N6O6/c1-24(43-28-10-13-32-33(18-28)38(52)47(37(32)51)34-14-15-35(49)45-36(34)50)25-4-6-26(7-5-25)40(2,3)27-8-11-31(12-9-27)53-21-29-16-17-42-39(44-29)46-22-41(23-46)19-30(48)20-41/h4-13,16-18,24,30,34,43,48H,14-15,19-23H2,1-3H3,(H,45,49,50). The molecule has 1 aromatic heterocycles. The Bertz CT molecular complexity index is 2100. The topological polar surface area (TPSA) is 154 Å². The molecule has 0 bridgehead atoms. The number of ether oxygens (including phenoxy) is 1. The smallest absolute Gasteiger partial charge is 0.262 e. The van der Waals surface area contributed by atoms with Crippen molar-refractivity contribution >= 4 is 35.3 Å². The molecule has 3 N–H and O–H groups in total. The van der Waals surface area contributed by atoms with Gasteiger partial charge in [-0.25, -0.2) is 9.97 Å². The van der Waals surface area contributed by atoms with Crippen LogP contribution in [0.15, 0.2) is 79.0 Å².